The fourth-order valence-electron chi connectivity index (χ4n) is 1.27. The molecule has 0 saturated carbocycles. The van der Waals surface area contributed by atoms with Crippen molar-refractivity contribution in [2.24, 2.45) is 0 Å². The number of hydrogen-bond donors (Lipinski definition) is 3. The van der Waals surface area contributed by atoms with Crippen molar-refractivity contribution in [3.8, 4) is 0 Å². The minimum Gasteiger partial charge on any atom is -0.357 e. The second-order valence-electron chi connectivity index (χ2n) is 3.75. The summed E-state index contributed by atoms with van der Waals surface area (Å²) >= 11 is 4.95. The van der Waals surface area contributed by atoms with E-state index in [2.05, 4.69) is 16.2 Å². The number of carbonyl (C=O) groups excluding carboxylic acids is 2. The van der Waals surface area contributed by atoms with Crippen LogP contribution in [0.1, 0.15) is 29.8 Å². The third kappa shape index (κ3) is 4.92. The van der Waals surface area contributed by atoms with Gasteiger partial charge in [0, 0.05) is 19.0 Å². The maximum atomic E-state index is 11.2. The molecule has 0 unspecified atom stereocenters. The van der Waals surface area contributed by atoms with Crippen LogP contribution in [0.2, 0.25) is 0 Å². The lowest BCUT2D eigenvalue weighted by Gasteiger charge is -2.10. The summed E-state index contributed by atoms with van der Waals surface area (Å²) in [6.07, 6.45) is 0. The van der Waals surface area contributed by atoms with Crippen molar-refractivity contribution in [3.05, 3.63) is 35.4 Å². The van der Waals surface area contributed by atoms with E-state index in [4.69, 9.17) is 12.2 Å². The molecule has 0 aliphatic carbocycles. The van der Waals surface area contributed by atoms with Gasteiger partial charge < -0.3 is 5.32 Å². The Kier molecular flexibility index (Phi) is 5.26. The molecule has 1 aromatic rings. The molecule has 0 fully saturated rings. The molecule has 3 N–H and O–H groups in total. The van der Waals surface area contributed by atoms with Gasteiger partial charge in [-0.15, -0.1) is 0 Å². The van der Waals surface area contributed by atoms with Crippen molar-refractivity contribution in [3.63, 3.8) is 0 Å². The second kappa shape index (κ2) is 6.70. The van der Waals surface area contributed by atoms with Crippen LogP contribution in [-0.2, 0) is 11.3 Å². The van der Waals surface area contributed by atoms with Crippen molar-refractivity contribution < 1.29 is 9.59 Å². The van der Waals surface area contributed by atoms with Crippen LogP contribution in [0.4, 0.5) is 0 Å². The Balaban J connectivity index is 2.48. The third-order valence-electron chi connectivity index (χ3n) is 2.14. The minimum atomic E-state index is -0.224. The van der Waals surface area contributed by atoms with Crippen LogP contribution < -0.4 is 16.2 Å². The quantitative estimate of drug-likeness (QED) is 0.430. The molecule has 0 aliphatic heterocycles. The average molecular weight is 265 g/mol. The number of carbonyl (C=O) groups is 2. The first kappa shape index (κ1) is 14.1. The lowest BCUT2D eigenvalue weighted by Crippen LogP contribution is -2.45. The summed E-state index contributed by atoms with van der Waals surface area (Å²) < 4.78 is 0. The molecular formula is C12H15N3O2S. The van der Waals surface area contributed by atoms with Crippen molar-refractivity contribution in [1.82, 2.24) is 16.2 Å². The Bertz CT molecular complexity index is 474. The summed E-state index contributed by atoms with van der Waals surface area (Å²) in [5, 5.41) is 3.23. The number of hydrazine groups is 1. The number of benzene rings is 1. The summed E-state index contributed by atoms with van der Waals surface area (Å²) in [7, 11) is 0. The Hall–Kier alpha value is -1.95. The molecule has 0 aliphatic rings. The Labute approximate surface area is 111 Å². The van der Waals surface area contributed by atoms with Crippen molar-refractivity contribution in [2.75, 3.05) is 0 Å². The van der Waals surface area contributed by atoms with Crippen LogP contribution in [0, 0.1) is 0 Å². The fourth-order valence-corrected chi connectivity index (χ4v) is 1.39. The number of rotatable bonds is 3. The van der Waals surface area contributed by atoms with Crippen molar-refractivity contribution >= 4 is 29.0 Å². The van der Waals surface area contributed by atoms with Gasteiger partial charge in [-0.2, -0.15) is 0 Å². The Morgan fingerprint density at radius 2 is 1.94 bits per heavy atom. The maximum absolute atomic E-state index is 11.2. The monoisotopic (exact) mass is 265 g/mol. The number of nitrogens with one attached hydrogen (secondary N) is 3. The van der Waals surface area contributed by atoms with Crippen LogP contribution in [0.25, 0.3) is 0 Å². The smallest absolute Gasteiger partial charge is 0.235 e. The standard InChI is InChI=1S/C12H15N3O2S/c1-8(16)11-5-3-4-10(6-11)7-13-12(18)15-14-9(2)17/h3-6H,7H2,1-2H3,(H,14,17)(H2,13,15,18). The van der Waals surface area contributed by atoms with Gasteiger partial charge in [-0.05, 0) is 30.8 Å². The third-order valence-corrected chi connectivity index (χ3v) is 2.39. The summed E-state index contributed by atoms with van der Waals surface area (Å²) in [5.74, 6) is -0.200. The highest BCUT2D eigenvalue weighted by Crippen LogP contribution is 2.05. The number of hydrogen-bond acceptors (Lipinski definition) is 3. The van der Waals surface area contributed by atoms with Gasteiger partial charge >= 0.3 is 0 Å². The zero-order chi connectivity index (χ0) is 13.5. The number of Topliss-reactive ketones (excluding diaryl/α,β-unsaturated/α-hetero) is 1. The summed E-state index contributed by atoms with van der Waals surface area (Å²) in [5.41, 5.74) is 6.51. The predicted octanol–water partition coefficient (Wildman–Crippen LogP) is 0.904. The molecule has 0 atom stereocenters. The summed E-state index contributed by atoms with van der Waals surface area (Å²) in [4.78, 5) is 21.9. The van der Waals surface area contributed by atoms with E-state index in [0.29, 0.717) is 17.2 Å². The fraction of sp³-hybridized carbons (Fsp3) is 0.250. The molecule has 0 saturated heterocycles. The molecule has 96 valence electrons. The summed E-state index contributed by atoms with van der Waals surface area (Å²) in [6, 6.07) is 7.27. The largest absolute Gasteiger partial charge is 0.357 e. The number of ketones is 1. The van der Waals surface area contributed by atoms with Gasteiger partial charge in [0.25, 0.3) is 0 Å². The van der Waals surface area contributed by atoms with Crippen LogP contribution >= 0.6 is 12.2 Å². The highest BCUT2D eigenvalue weighted by Gasteiger charge is 2.01. The van der Waals surface area contributed by atoms with E-state index in [1.54, 1.807) is 12.1 Å². The Morgan fingerprint density at radius 3 is 2.56 bits per heavy atom. The van der Waals surface area contributed by atoms with E-state index in [1.807, 2.05) is 12.1 Å². The van der Waals surface area contributed by atoms with Crippen LogP contribution in [-0.4, -0.2) is 16.8 Å². The summed E-state index contributed by atoms with van der Waals surface area (Å²) in [6.45, 7) is 3.38. The lowest BCUT2D eigenvalue weighted by atomic mass is 10.1. The molecule has 5 nitrogen and oxygen atoms in total. The molecule has 1 rings (SSSR count). The SMILES string of the molecule is CC(=O)NNC(=S)NCc1cccc(C(C)=O)c1. The van der Waals surface area contributed by atoms with E-state index >= 15 is 0 Å². The van der Waals surface area contributed by atoms with Crippen molar-refractivity contribution in [1.29, 1.82) is 0 Å². The molecule has 0 radical (unpaired) electrons. The van der Waals surface area contributed by atoms with Gasteiger partial charge in [0.1, 0.15) is 0 Å². The van der Waals surface area contributed by atoms with Crippen LogP contribution in [0.15, 0.2) is 24.3 Å². The normalized spacial score (nSPS) is 9.44. The second-order valence-corrected chi connectivity index (χ2v) is 4.15. The molecule has 0 spiro atoms. The molecule has 1 aromatic carbocycles. The van der Waals surface area contributed by atoms with E-state index in [-0.39, 0.29) is 11.7 Å². The highest BCUT2D eigenvalue weighted by molar-refractivity contribution is 7.80. The minimum absolute atomic E-state index is 0.0239. The zero-order valence-corrected chi connectivity index (χ0v) is 11.1. The predicted molar refractivity (Wildman–Crippen MR) is 72.8 cm³/mol. The van der Waals surface area contributed by atoms with Gasteiger partial charge in [-0.3, -0.25) is 20.4 Å². The molecule has 0 aromatic heterocycles. The Morgan fingerprint density at radius 1 is 1.22 bits per heavy atom. The average Bonchev–Trinajstić information content (AvgIpc) is 2.34. The zero-order valence-electron chi connectivity index (χ0n) is 10.2. The first-order valence-corrected chi connectivity index (χ1v) is 5.80. The molecule has 0 bridgehead atoms. The van der Waals surface area contributed by atoms with Gasteiger partial charge in [0.2, 0.25) is 5.91 Å². The van der Waals surface area contributed by atoms with E-state index < -0.39 is 0 Å². The maximum Gasteiger partial charge on any atom is 0.235 e. The van der Waals surface area contributed by atoms with Gasteiger partial charge in [0.15, 0.2) is 10.9 Å². The first-order chi connectivity index (χ1) is 8.49. The lowest BCUT2D eigenvalue weighted by molar-refractivity contribution is -0.119. The molecular weight excluding hydrogens is 250 g/mol. The van der Waals surface area contributed by atoms with E-state index in [0.717, 1.165) is 5.56 Å². The number of thiocarbonyl (C=S) groups is 1. The van der Waals surface area contributed by atoms with Crippen molar-refractivity contribution in [2.45, 2.75) is 20.4 Å². The van der Waals surface area contributed by atoms with Gasteiger partial charge in [-0.25, -0.2) is 0 Å². The topological polar surface area (TPSA) is 70.2 Å². The molecule has 6 heteroatoms. The van der Waals surface area contributed by atoms with Gasteiger partial charge in [0.05, 0.1) is 0 Å². The molecule has 18 heavy (non-hydrogen) atoms. The first-order valence-electron chi connectivity index (χ1n) is 5.39. The van der Waals surface area contributed by atoms with E-state index in [1.165, 1.54) is 13.8 Å². The molecule has 1 amide bonds. The van der Waals surface area contributed by atoms with Crippen LogP contribution in [0.5, 0.6) is 0 Å². The number of amides is 1. The molecule has 0 heterocycles. The van der Waals surface area contributed by atoms with Gasteiger partial charge in [-0.1, -0.05) is 18.2 Å². The van der Waals surface area contributed by atoms with Crippen LogP contribution in [0.3, 0.4) is 0 Å². The van der Waals surface area contributed by atoms with E-state index in [9.17, 15) is 9.59 Å². The highest BCUT2D eigenvalue weighted by atomic mass is 32.1.